The van der Waals surface area contributed by atoms with E-state index in [-0.39, 0.29) is 5.97 Å². The van der Waals surface area contributed by atoms with Gasteiger partial charge in [-0.05, 0) is 50.7 Å². The van der Waals surface area contributed by atoms with E-state index in [1.165, 1.54) is 30.9 Å². The highest BCUT2D eigenvalue weighted by atomic mass is 16.5. The number of aliphatic hydroxyl groups excluding tert-OH is 1. The first-order valence-corrected chi connectivity index (χ1v) is 9.79. The van der Waals surface area contributed by atoms with Crippen LogP contribution in [0, 0.1) is 13.8 Å². The van der Waals surface area contributed by atoms with Crippen molar-refractivity contribution in [2.24, 2.45) is 0 Å². The molecule has 0 amide bonds. The number of carbonyl (C=O) groups excluding carboxylic acids is 2. The van der Waals surface area contributed by atoms with E-state index in [0.29, 0.717) is 19.3 Å². The molecule has 0 heterocycles. The third-order valence-corrected chi connectivity index (χ3v) is 4.42. The van der Waals surface area contributed by atoms with E-state index in [2.05, 4.69) is 34.6 Å². The SMILES string of the molecule is COC(=O)C(O)CCc1cccc(C)c1.COC(=O)CCCc1cccc(C)c1. The van der Waals surface area contributed by atoms with Gasteiger partial charge in [-0.25, -0.2) is 4.79 Å². The van der Waals surface area contributed by atoms with Gasteiger partial charge in [-0.1, -0.05) is 59.7 Å². The minimum Gasteiger partial charge on any atom is -0.469 e. The molecule has 0 saturated carbocycles. The van der Waals surface area contributed by atoms with Crippen LogP contribution in [0.4, 0.5) is 0 Å². The van der Waals surface area contributed by atoms with Crippen LogP contribution in [0.25, 0.3) is 0 Å². The highest BCUT2D eigenvalue weighted by molar-refractivity contribution is 5.74. The summed E-state index contributed by atoms with van der Waals surface area (Å²) < 4.78 is 9.01. The van der Waals surface area contributed by atoms with E-state index in [9.17, 15) is 14.7 Å². The average molecular weight is 401 g/mol. The molecule has 2 aromatic rings. The van der Waals surface area contributed by atoms with Crippen molar-refractivity contribution in [2.75, 3.05) is 14.2 Å². The molecule has 2 rings (SSSR count). The van der Waals surface area contributed by atoms with Gasteiger partial charge in [0.25, 0.3) is 0 Å². The minimum absolute atomic E-state index is 0.127. The Morgan fingerprint density at radius 1 is 0.897 bits per heavy atom. The molecule has 5 nitrogen and oxygen atoms in total. The summed E-state index contributed by atoms with van der Waals surface area (Å²) in [4.78, 5) is 21.8. The van der Waals surface area contributed by atoms with Crippen LogP contribution in [0.2, 0.25) is 0 Å². The highest BCUT2D eigenvalue weighted by Gasteiger charge is 2.14. The van der Waals surface area contributed by atoms with E-state index in [1.54, 1.807) is 0 Å². The third-order valence-electron chi connectivity index (χ3n) is 4.42. The third kappa shape index (κ3) is 10.5. The fraction of sp³-hybridized carbons (Fsp3) is 0.417. The highest BCUT2D eigenvalue weighted by Crippen LogP contribution is 2.09. The van der Waals surface area contributed by atoms with Crippen molar-refractivity contribution >= 4 is 11.9 Å². The zero-order valence-electron chi connectivity index (χ0n) is 17.8. The number of aliphatic hydroxyl groups is 1. The summed E-state index contributed by atoms with van der Waals surface area (Å²) in [7, 11) is 2.70. The van der Waals surface area contributed by atoms with Gasteiger partial charge in [0.2, 0.25) is 0 Å². The van der Waals surface area contributed by atoms with Crippen LogP contribution in [-0.2, 0) is 31.9 Å². The first-order chi connectivity index (χ1) is 13.8. The van der Waals surface area contributed by atoms with Crippen molar-refractivity contribution in [3.63, 3.8) is 0 Å². The van der Waals surface area contributed by atoms with Crippen LogP contribution in [-0.4, -0.2) is 37.4 Å². The number of rotatable bonds is 8. The topological polar surface area (TPSA) is 72.8 Å². The lowest BCUT2D eigenvalue weighted by Gasteiger charge is -2.08. The first kappa shape index (κ1) is 24.4. The van der Waals surface area contributed by atoms with E-state index >= 15 is 0 Å². The van der Waals surface area contributed by atoms with Crippen molar-refractivity contribution < 1.29 is 24.2 Å². The molecule has 0 aliphatic heterocycles. The van der Waals surface area contributed by atoms with Crippen molar-refractivity contribution in [3.05, 3.63) is 70.8 Å². The van der Waals surface area contributed by atoms with Gasteiger partial charge in [-0.2, -0.15) is 0 Å². The Balaban J connectivity index is 0.000000291. The summed E-state index contributed by atoms with van der Waals surface area (Å²) in [6, 6.07) is 16.4. The maximum atomic E-state index is 10.9. The molecular formula is C24H32O5. The second-order valence-electron chi connectivity index (χ2n) is 6.99. The second kappa shape index (κ2) is 13.5. The van der Waals surface area contributed by atoms with Crippen molar-refractivity contribution in [1.29, 1.82) is 0 Å². The van der Waals surface area contributed by atoms with Crippen LogP contribution < -0.4 is 0 Å². The maximum absolute atomic E-state index is 10.9. The smallest absolute Gasteiger partial charge is 0.334 e. The molecule has 0 aliphatic rings. The molecule has 158 valence electrons. The Hall–Kier alpha value is -2.66. The quantitative estimate of drug-likeness (QED) is 0.679. The largest absolute Gasteiger partial charge is 0.469 e. The number of methoxy groups -OCH3 is 2. The number of benzene rings is 2. The second-order valence-corrected chi connectivity index (χ2v) is 6.99. The summed E-state index contributed by atoms with van der Waals surface area (Å²) in [5.41, 5.74) is 4.85. The Morgan fingerprint density at radius 2 is 1.45 bits per heavy atom. The summed E-state index contributed by atoms with van der Waals surface area (Å²) in [6.07, 6.45) is 2.36. The normalized spacial score (nSPS) is 11.1. The van der Waals surface area contributed by atoms with Crippen LogP contribution >= 0.6 is 0 Å². The molecule has 0 aliphatic carbocycles. The summed E-state index contributed by atoms with van der Waals surface area (Å²) in [6.45, 7) is 4.09. The predicted octanol–water partition coefficient (Wildman–Crippen LogP) is 3.95. The molecule has 0 radical (unpaired) electrons. The molecule has 0 aromatic heterocycles. The Morgan fingerprint density at radius 3 is 1.93 bits per heavy atom. The Bertz CT molecular complexity index is 769. The molecule has 0 saturated heterocycles. The minimum atomic E-state index is -1.02. The fourth-order valence-corrected chi connectivity index (χ4v) is 2.83. The molecule has 29 heavy (non-hydrogen) atoms. The molecular weight excluding hydrogens is 368 g/mol. The Labute approximate surface area is 173 Å². The zero-order valence-corrected chi connectivity index (χ0v) is 17.8. The van der Waals surface area contributed by atoms with Crippen molar-refractivity contribution in [3.8, 4) is 0 Å². The molecule has 2 aromatic carbocycles. The van der Waals surface area contributed by atoms with Crippen LogP contribution in [0.3, 0.4) is 0 Å². The summed E-state index contributed by atoms with van der Waals surface area (Å²) >= 11 is 0. The van der Waals surface area contributed by atoms with Gasteiger partial charge in [-0.15, -0.1) is 0 Å². The number of ether oxygens (including phenoxy) is 2. The van der Waals surface area contributed by atoms with E-state index in [4.69, 9.17) is 0 Å². The lowest BCUT2D eigenvalue weighted by Crippen LogP contribution is -2.22. The lowest BCUT2D eigenvalue weighted by molar-refractivity contribution is -0.150. The van der Waals surface area contributed by atoms with Crippen LogP contribution in [0.15, 0.2) is 48.5 Å². The van der Waals surface area contributed by atoms with E-state index in [0.717, 1.165) is 18.4 Å². The van der Waals surface area contributed by atoms with Crippen molar-refractivity contribution in [2.45, 2.75) is 52.1 Å². The van der Waals surface area contributed by atoms with Crippen LogP contribution in [0.5, 0.6) is 0 Å². The summed E-state index contributed by atoms with van der Waals surface area (Å²) in [5, 5.41) is 9.37. The fourth-order valence-electron chi connectivity index (χ4n) is 2.83. The molecule has 0 bridgehead atoms. The van der Waals surface area contributed by atoms with E-state index < -0.39 is 12.1 Å². The number of hydrogen-bond donors (Lipinski definition) is 1. The van der Waals surface area contributed by atoms with Gasteiger partial charge in [0.15, 0.2) is 6.10 Å². The monoisotopic (exact) mass is 400 g/mol. The average Bonchev–Trinajstić information content (AvgIpc) is 2.72. The molecule has 0 spiro atoms. The van der Waals surface area contributed by atoms with Gasteiger partial charge in [0.1, 0.15) is 0 Å². The molecule has 5 heteroatoms. The number of aryl methyl sites for hydroxylation is 4. The number of hydrogen-bond acceptors (Lipinski definition) is 5. The molecule has 1 atom stereocenters. The molecule has 1 N–H and O–H groups in total. The standard InChI is InChI=1S/C12H16O3.C12H16O2/c1-9-4-3-5-10(8-9)6-7-11(13)12(14)15-2;1-10-5-3-6-11(9-10)7-4-8-12(13)14-2/h3-5,8,11,13H,6-7H2,1-2H3;3,5-6,9H,4,7-8H2,1-2H3. The van der Waals surface area contributed by atoms with Crippen LogP contribution in [0.1, 0.15) is 41.5 Å². The number of carbonyl (C=O) groups is 2. The van der Waals surface area contributed by atoms with Crippen molar-refractivity contribution in [1.82, 2.24) is 0 Å². The Kier molecular flexibility index (Phi) is 11.4. The predicted molar refractivity (Wildman–Crippen MR) is 114 cm³/mol. The number of esters is 2. The lowest BCUT2D eigenvalue weighted by atomic mass is 10.0. The van der Waals surface area contributed by atoms with Gasteiger partial charge >= 0.3 is 11.9 Å². The van der Waals surface area contributed by atoms with Gasteiger partial charge in [0.05, 0.1) is 14.2 Å². The van der Waals surface area contributed by atoms with Gasteiger partial charge in [-0.3, -0.25) is 4.79 Å². The molecule has 1 unspecified atom stereocenters. The van der Waals surface area contributed by atoms with Gasteiger partial charge in [0, 0.05) is 6.42 Å². The van der Waals surface area contributed by atoms with Gasteiger partial charge < -0.3 is 14.6 Å². The molecule has 0 fully saturated rings. The maximum Gasteiger partial charge on any atom is 0.334 e. The first-order valence-electron chi connectivity index (χ1n) is 9.79. The van der Waals surface area contributed by atoms with E-state index in [1.807, 2.05) is 37.3 Å². The summed E-state index contributed by atoms with van der Waals surface area (Å²) in [5.74, 6) is -0.694. The zero-order chi connectivity index (χ0) is 21.6.